The van der Waals surface area contributed by atoms with Crippen LogP contribution in [0.3, 0.4) is 0 Å². The number of hydrogen-bond acceptors (Lipinski definition) is 3. The van der Waals surface area contributed by atoms with Crippen molar-refractivity contribution in [2.45, 2.75) is 53.0 Å². The van der Waals surface area contributed by atoms with Crippen molar-refractivity contribution in [3.63, 3.8) is 0 Å². The van der Waals surface area contributed by atoms with Gasteiger partial charge >= 0.3 is 0 Å². The highest BCUT2D eigenvalue weighted by Crippen LogP contribution is 2.20. The second-order valence-electron chi connectivity index (χ2n) is 4.98. The predicted octanol–water partition coefficient (Wildman–Crippen LogP) is 3.60. The van der Waals surface area contributed by atoms with Crippen molar-refractivity contribution < 1.29 is 0 Å². The number of rotatable bonds is 10. The van der Waals surface area contributed by atoms with Crippen molar-refractivity contribution in [3.8, 4) is 0 Å². The first kappa shape index (κ1) is 16.0. The predicted molar refractivity (Wildman–Crippen MR) is 83.6 cm³/mol. The molecule has 0 radical (unpaired) electrons. The van der Waals surface area contributed by atoms with E-state index in [1.54, 1.807) is 0 Å². The van der Waals surface area contributed by atoms with Crippen LogP contribution in [0.2, 0.25) is 0 Å². The Morgan fingerprint density at radius 2 is 1.79 bits per heavy atom. The van der Waals surface area contributed by atoms with Crippen LogP contribution < -0.4 is 10.2 Å². The molecule has 0 aliphatic rings. The zero-order valence-electron chi connectivity index (χ0n) is 12.8. The largest absolute Gasteiger partial charge is 0.371 e. The van der Waals surface area contributed by atoms with E-state index in [4.69, 9.17) is 0 Å². The van der Waals surface area contributed by atoms with Crippen LogP contribution in [0.25, 0.3) is 0 Å². The highest BCUT2D eigenvalue weighted by Gasteiger charge is 2.10. The highest BCUT2D eigenvalue weighted by molar-refractivity contribution is 5.52. The highest BCUT2D eigenvalue weighted by atomic mass is 15.1. The first-order valence-corrected chi connectivity index (χ1v) is 7.72. The Balaban J connectivity index is 2.79. The molecule has 3 heteroatoms. The molecular weight excluding hydrogens is 234 g/mol. The lowest BCUT2D eigenvalue weighted by Crippen LogP contribution is -2.27. The minimum Gasteiger partial charge on any atom is -0.371 e. The van der Waals surface area contributed by atoms with Crippen molar-refractivity contribution in [1.29, 1.82) is 0 Å². The standard InChI is InChI=1S/C16H29N3/c1-4-7-11-19(12-8-5-2)16-9-10-18-14-15(16)13-17-6-3/h9-10,14,17H,4-8,11-13H2,1-3H3. The van der Waals surface area contributed by atoms with Gasteiger partial charge in [0.2, 0.25) is 0 Å². The number of hydrogen-bond donors (Lipinski definition) is 1. The van der Waals surface area contributed by atoms with Crippen molar-refractivity contribution in [3.05, 3.63) is 24.0 Å². The van der Waals surface area contributed by atoms with Gasteiger partial charge in [0.05, 0.1) is 0 Å². The van der Waals surface area contributed by atoms with Gasteiger partial charge in [-0.1, -0.05) is 33.6 Å². The quantitative estimate of drug-likeness (QED) is 0.699. The molecule has 3 nitrogen and oxygen atoms in total. The first-order valence-electron chi connectivity index (χ1n) is 7.72. The Morgan fingerprint density at radius 3 is 2.37 bits per heavy atom. The fourth-order valence-electron chi connectivity index (χ4n) is 2.17. The number of unbranched alkanes of at least 4 members (excludes halogenated alkanes) is 2. The number of anilines is 1. The molecule has 1 heterocycles. The average Bonchev–Trinajstić information content (AvgIpc) is 2.46. The average molecular weight is 263 g/mol. The van der Waals surface area contributed by atoms with E-state index in [9.17, 15) is 0 Å². The molecule has 19 heavy (non-hydrogen) atoms. The van der Waals surface area contributed by atoms with Gasteiger partial charge < -0.3 is 10.2 Å². The van der Waals surface area contributed by atoms with Crippen LogP contribution in [0.5, 0.6) is 0 Å². The lowest BCUT2D eigenvalue weighted by atomic mass is 10.1. The Morgan fingerprint density at radius 1 is 1.11 bits per heavy atom. The Hall–Kier alpha value is -1.09. The molecule has 0 amide bonds. The van der Waals surface area contributed by atoms with E-state index in [0.29, 0.717) is 0 Å². The SMILES string of the molecule is CCCCN(CCCC)c1ccncc1CNCC. The van der Waals surface area contributed by atoms with Crippen LogP contribution in [0.15, 0.2) is 18.5 Å². The summed E-state index contributed by atoms with van der Waals surface area (Å²) in [6.07, 6.45) is 8.92. The first-order chi connectivity index (χ1) is 9.33. The van der Waals surface area contributed by atoms with Gasteiger partial charge in [0.1, 0.15) is 0 Å². The molecule has 1 N–H and O–H groups in total. The number of pyridine rings is 1. The van der Waals surface area contributed by atoms with Gasteiger partial charge in [0, 0.05) is 43.3 Å². The zero-order chi connectivity index (χ0) is 13.9. The third-order valence-electron chi connectivity index (χ3n) is 3.35. The molecule has 0 unspecified atom stereocenters. The summed E-state index contributed by atoms with van der Waals surface area (Å²) in [5, 5.41) is 3.41. The second-order valence-corrected chi connectivity index (χ2v) is 4.98. The molecule has 0 spiro atoms. The molecule has 108 valence electrons. The lowest BCUT2D eigenvalue weighted by Gasteiger charge is -2.27. The lowest BCUT2D eigenvalue weighted by molar-refractivity contribution is 0.667. The molecule has 0 saturated heterocycles. The van der Waals surface area contributed by atoms with Gasteiger partial charge in [-0.25, -0.2) is 0 Å². The fourth-order valence-corrected chi connectivity index (χ4v) is 2.17. The van der Waals surface area contributed by atoms with Crippen LogP contribution in [0, 0.1) is 0 Å². The van der Waals surface area contributed by atoms with Crippen LogP contribution >= 0.6 is 0 Å². The van der Waals surface area contributed by atoms with Crippen LogP contribution in [-0.2, 0) is 6.54 Å². The van der Waals surface area contributed by atoms with Gasteiger partial charge in [-0.2, -0.15) is 0 Å². The molecule has 1 aromatic rings. The monoisotopic (exact) mass is 263 g/mol. The minimum atomic E-state index is 0.911. The number of nitrogens with zero attached hydrogens (tertiary/aromatic N) is 2. The summed E-state index contributed by atoms with van der Waals surface area (Å²) in [5.74, 6) is 0. The van der Waals surface area contributed by atoms with E-state index in [1.807, 2.05) is 12.4 Å². The maximum atomic E-state index is 4.27. The van der Waals surface area contributed by atoms with E-state index in [1.165, 1.54) is 36.9 Å². The van der Waals surface area contributed by atoms with Gasteiger partial charge in [0.25, 0.3) is 0 Å². The third-order valence-corrected chi connectivity index (χ3v) is 3.35. The van der Waals surface area contributed by atoms with Crippen molar-refractivity contribution in [1.82, 2.24) is 10.3 Å². The molecule has 0 atom stereocenters. The van der Waals surface area contributed by atoms with E-state index in [-0.39, 0.29) is 0 Å². The summed E-state index contributed by atoms with van der Waals surface area (Å²) in [5.41, 5.74) is 2.68. The van der Waals surface area contributed by atoms with Gasteiger partial charge in [-0.3, -0.25) is 4.98 Å². The number of aromatic nitrogens is 1. The molecule has 0 aliphatic heterocycles. The van der Waals surface area contributed by atoms with Gasteiger partial charge in [-0.15, -0.1) is 0 Å². The Labute approximate surface area is 118 Å². The number of nitrogens with one attached hydrogen (secondary N) is 1. The molecule has 0 bridgehead atoms. The van der Waals surface area contributed by atoms with Crippen molar-refractivity contribution >= 4 is 5.69 Å². The summed E-state index contributed by atoms with van der Waals surface area (Å²) in [6, 6.07) is 2.16. The maximum Gasteiger partial charge on any atom is 0.0442 e. The van der Waals surface area contributed by atoms with Crippen molar-refractivity contribution in [2.75, 3.05) is 24.5 Å². The normalized spacial score (nSPS) is 10.7. The van der Waals surface area contributed by atoms with E-state index in [0.717, 1.165) is 26.2 Å². The molecule has 0 aliphatic carbocycles. The smallest absolute Gasteiger partial charge is 0.0442 e. The zero-order valence-corrected chi connectivity index (χ0v) is 12.8. The summed E-state index contributed by atoms with van der Waals surface area (Å²) >= 11 is 0. The van der Waals surface area contributed by atoms with Gasteiger partial charge in [-0.05, 0) is 25.5 Å². The Kier molecular flexibility index (Phi) is 8.23. The summed E-state index contributed by atoms with van der Waals surface area (Å²) in [7, 11) is 0. The summed E-state index contributed by atoms with van der Waals surface area (Å²) in [6.45, 7) is 10.9. The van der Waals surface area contributed by atoms with E-state index >= 15 is 0 Å². The van der Waals surface area contributed by atoms with Gasteiger partial charge in [0.15, 0.2) is 0 Å². The second kappa shape index (κ2) is 9.79. The van der Waals surface area contributed by atoms with Crippen molar-refractivity contribution in [2.24, 2.45) is 0 Å². The summed E-state index contributed by atoms with van der Waals surface area (Å²) < 4.78 is 0. The Bertz CT molecular complexity index is 331. The van der Waals surface area contributed by atoms with E-state index < -0.39 is 0 Å². The fraction of sp³-hybridized carbons (Fsp3) is 0.688. The molecule has 0 aromatic carbocycles. The molecule has 1 rings (SSSR count). The maximum absolute atomic E-state index is 4.27. The third kappa shape index (κ3) is 5.60. The molecule has 0 fully saturated rings. The molecule has 0 saturated carbocycles. The topological polar surface area (TPSA) is 28.2 Å². The molecule has 1 aromatic heterocycles. The van der Waals surface area contributed by atoms with Crippen LogP contribution in [0.1, 0.15) is 52.0 Å². The van der Waals surface area contributed by atoms with Crippen LogP contribution in [-0.4, -0.2) is 24.6 Å². The minimum absolute atomic E-state index is 0.911. The summed E-state index contributed by atoms with van der Waals surface area (Å²) in [4.78, 5) is 6.80. The van der Waals surface area contributed by atoms with E-state index in [2.05, 4.69) is 42.0 Å². The molecular formula is C16H29N3. The van der Waals surface area contributed by atoms with Crippen LogP contribution in [0.4, 0.5) is 5.69 Å².